The number of aromatic nitrogens is 1. The summed E-state index contributed by atoms with van der Waals surface area (Å²) < 4.78 is 2.28. The first-order valence-electron chi connectivity index (χ1n) is 9.12. The number of aryl methyl sites for hydroxylation is 1. The number of benzene rings is 1. The number of para-hydroxylation sites is 1. The Morgan fingerprint density at radius 2 is 2.08 bits per heavy atom. The average Bonchev–Trinajstić information content (AvgIpc) is 2.89. The van der Waals surface area contributed by atoms with Gasteiger partial charge in [-0.05, 0) is 52.5 Å². The molecular weight excluding hydrogens is 324 g/mol. The van der Waals surface area contributed by atoms with Crippen molar-refractivity contribution in [3.63, 3.8) is 0 Å². The molecule has 2 rings (SSSR count). The molecule has 0 aliphatic heterocycles. The molecule has 138 valence electrons. The normalized spacial score (nSPS) is 11.8. The summed E-state index contributed by atoms with van der Waals surface area (Å²) in [6, 6.07) is 10.2. The molecule has 0 saturated heterocycles. The first kappa shape index (κ1) is 19.7. The van der Waals surface area contributed by atoms with E-state index in [9.17, 15) is 10.1 Å². The molecule has 0 spiro atoms. The van der Waals surface area contributed by atoms with Crippen LogP contribution in [0.25, 0.3) is 17.0 Å². The van der Waals surface area contributed by atoms with Crippen LogP contribution in [0, 0.1) is 18.3 Å². The van der Waals surface area contributed by atoms with E-state index in [2.05, 4.69) is 54.0 Å². The Bertz CT molecular complexity index is 840. The molecule has 0 aliphatic carbocycles. The van der Waals surface area contributed by atoms with Gasteiger partial charge in [-0.3, -0.25) is 4.79 Å². The summed E-state index contributed by atoms with van der Waals surface area (Å²) in [5.74, 6) is -0.307. The topological polar surface area (TPSA) is 61.1 Å². The van der Waals surface area contributed by atoms with Crippen molar-refractivity contribution >= 4 is 22.9 Å². The fraction of sp³-hybridized carbons (Fsp3) is 0.429. The second-order valence-electron chi connectivity index (χ2n) is 6.75. The fourth-order valence-corrected chi connectivity index (χ4v) is 3.10. The summed E-state index contributed by atoms with van der Waals surface area (Å²) in [7, 11) is 4.14. The Morgan fingerprint density at radius 1 is 1.35 bits per heavy atom. The predicted molar refractivity (Wildman–Crippen MR) is 107 cm³/mol. The summed E-state index contributed by atoms with van der Waals surface area (Å²) in [5, 5.41) is 13.3. The zero-order chi connectivity index (χ0) is 19.1. The van der Waals surface area contributed by atoms with Crippen molar-refractivity contribution < 1.29 is 4.79 Å². The highest BCUT2D eigenvalue weighted by molar-refractivity contribution is 6.04. The number of carbonyl (C=O) groups is 1. The van der Waals surface area contributed by atoms with E-state index < -0.39 is 0 Å². The Hall–Kier alpha value is -2.58. The molecule has 1 aromatic heterocycles. The molecule has 1 heterocycles. The van der Waals surface area contributed by atoms with Crippen molar-refractivity contribution in [3.8, 4) is 6.07 Å². The van der Waals surface area contributed by atoms with E-state index in [1.165, 1.54) is 0 Å². The minimum Gasteiger partial charge on any atom is -0.351 e. The van der Waals surface area contributed by atoms with Crippen LogP contribution in [0.4, 0.5) is 0 Å². The molecular formula is C21H28N4O. The van der Waals surface area contributed by atoms with Gasteiger partial charge in [0.2, 0.25) is 0 Å². The summed E-state index contributed by atoms with van der Waals surface area (Å²) in [4.78, 5) is 14.4. The maximum Gasteiger partial charge on any atom is 0.261 e. The lowest BCUT2D eigenvalue weighted by Gasteiger charge is -2.12. The highest BCUT2D eigenvalue weighted by Crippen LogP contribution is 2.28. The van der Waals surface area contributed by atoms with E-state index in [0.29, 0.717) is 6.54 Å². The van der Waals surface area contributed by atoms with Gasteiger partial charge in [-0.2, -0.15) is 5.26 Å². The number of nitrogens with one attached hydrogen (secondary N) is 1. The number of hydrogen-bond donors (Lipinski definition) is 1. The molecule has 0 unspecified atom stereocenters. The van der Waals surface area contributed by atoms with Crippen LogP contribution >= 0.6 is 0 Å². The highest BCUT2D eigenvalue weighted by atomic mass is 16.1. The lowest BCUT2D eigenvalue weighted by Crippen LogP contribution is -2.25. The maximum absolute atomic E-state index is 12.2. The van der Waals surface area contributed by atoms with Crippen LogP contribution in [-0.4, -0.2) is 42.6 Å². The van der Waals surface area contributed by atoms with Crippen LogP contribution in [0.5, 0.6) is 0 Å². The number of nitrogens with zero attached hydrogens (tertiary/aromatic N) is 3. The Labute approximate surface area is 155 Å². The van der Waals surface area contributed by atoms with Crippen LogP contribution in [0.15, 0.2) is 29.8 Å². The number of hydrogen-bond acceptors (Lipinski definition) is 3. The average molecular weight is 352 g/mol. The van der Waals surface area contributed by atoms with Gasteiger partial charge in [-0.25, -0.2) is 0 Å². The Balaban J connectivity index is 2.43. The van der Waals surface area contributed by atoms with Gasteiger partial charge >= 0.3 is 0 Å². The van der Waals surface area contributed by atoms with Crippen LogP contribution in [0.1, 0.15) is 31.0 Å². The molecule has 0 bridgehead atoms. The van der Waals surface area contributed by atoms with Gasteiger partial charge in [-0.15, -0.1) is 0 Å². The molecule has 1 amide bonds. The molecule has 1 N–H and O–H groups in total. The van der Waals surface area contributed by atoms with Gasteiger partial charge < -0.3 is 14.8 Å². The first-order valence-corrected chi connectivity index (χ1v) is 9.12. The van der Waals surface area contributed by atoms with Crippen molar-refractivity contribution in [2.24, 2.45) is 0 Å². The Morgan fingerprint density at radius 3 is 2.73 bits per heavy atom. The maximum atomic E-state index is 12.2. The van der Waals surface area contributed by atoms with Gasteiger partial charge in [-0.1, -0.05) is 25.1 Å². The Kier molecular flexibility index (Phi) is 6.99. The third-order valence-corrected chi connectivity index (χ3v) is 4.46. The van der Waals surface area contributed by atoms with Crippen molar-refractivity contribution in [3.05, 3.63) is 41.1 Å². The van der Waals surface area contributed by atoms with Crippen molar-refractivity contribution in [2.45, 2.75) is 33.2 Å². The van der Waals surface area contributed by atoms with Crippen LogP contribution in [0.3, 0.4) is 0 Å². The molecule has 0 radical (unpaired) electrons. The van der Waals surface area contributed by atoms with Crippen LogP contribution < -0.4 is 5.32 Å². The summed E-state index contributed by atoms with van der Waals surface area (Å²) in [6.07, 6.45) is 3.61. The van der Waals surface area contributed by atoms with Crippen molar-refractivity contribution in [1.82, 2.24) is 14.8 Å². The van der Waals surface area contributed by atoms with Crippen molar-refractivity contribution in [1.29, 1.82) is 5.26 Å². The fourth-order valence-electron chi connectivity index (χ4n) is 3.10. The van der Waals surface area contributed by atoms with E-state index in [4.69, 9.17) is 0 Å². The lowest BCUT2D eigenvalue weighted by molar-refractivity contribution is -0.117. The zero-order valence-electron chi connectivity index (χ0n) is 16.2. The zero-order valence-corrected chi connectivity index (χ0v) is 16.2. The van der Waals surface area contributed by atoms with Crippen LogP contribution in [0.2, 0.25) is 0 Å². The molecule has 0 aliphatic rings. The number of nitriles is 1. The number of amides is 1. The molecule has 0 saturated carbocycles. The van der Waals surface area contributed by atoms with E-state index in [1.54, 1.807) is 6.08 Å². The molecule has 26 heavy (non-hydrogen) atoms. The van der Waals surface area contributed by atoms with Crippen LogP contribution in [-0.2, 0) is 11.3 Å². The minimum absolute atomic E-state index is 0.151. The SMILES string of the molecule is CCCNC(=O)/C(C#N)=C/c1c(C)n(CCCN(C)C)c2ccccc12. The second-order valence-corrected chi connectivity index (χ2v) is 6.75. The monoisotopic (exact) mass is 352 g/mol. The third-order valence-electron chi connectivity index (χ3n) is 4.46. The first-order chi connectivity index (χ1) is 12.5. The molecule has 2 aromatic rings. The molecule has 0 fully saturated rings. The summed E-state index contributed by atoms with van der Waals surface area (Å²) >= 11 is 0. The standard InChI is InChI=1S/C21H28N4O/c1-5-11-23-21(26)17(15-22)14-19-16(2)25(13-8-12-24(3)4)20-10-7-6-9-18(19)20/h6-7,9-10,14H,5,8,11-13H2,1-4H3,(H,23,26)/b17-14+. The molecule has 0 atom stereocenters. The lowest BCUT2D eigenvalue weighted by atomic mass is 10.1. The van der Waals surface area contributed by atoms with Gasteiger partial charge in [0.1, 0.15) is 11.6 Å². The highest BCUT2D eigenvalue weighted by Gasteiger charge is 2.15. The second kappa shape index (κ2) is 9.21. The number of fused-ring (bicyclic) bond motifs is 1. The number of rotatable bonds is 8. The number of carbonyl (C=O) groups excluding carboxylic acids is 1. The predicted octanol–water partition coefficient (Wildman–Crippen LogP) is 3.33. The van der Waals surface area contributed by atoms with Crippen molar-refractivity contribution in [2.75, 3.05) is 27.2 Å². The summed E-state index contributed by atoms with van der Waals surface area (Å²) in [5.41, 5.74) is 3.33. The quantitative estimate of drug-likeness (QED) is 0.585. The van der Waals surface area contributed by atoms with Gasteiger partial charge in [0.25, 0.3) is 5.91 Å². The van der Waals surface area contributed by atoms with E-state index in [1.807, 2.05) is 19.1 Å². The molecule has 1 aromatic carbocycles. The third kappa shape index (κ3) is 4.53. The molecule has 5 nitrogen and oxygen atoms in total. The smallest absolute Gasteiger partial charge is 0.261 e. The molecule has 5 heteroatoms. The minimum atomic E-state index is -0.307. The summed E-state index contributed by atoms with van der Waals surface area (Å²) in [6.45, 7) is 6.54. The largest absolute Gasteiger partial charge is 0.351 e. The van der Waals surface area contributed by atoms with Gasteiger partial charge in [0, 0.05) is 35.2 Å². The van der Waals surface area contributed by atoms with E-state index in [-0.39, 0.29) is 11.5 Å². The van der Waals surface area contributed by atoms with Gasteiger partial charge in [0.15, 0.2) is 0 Å². The van der Waals surface area contributed by atoms with E-state index in [0.717, 1.165) is 48.1 Å². The van der Waals surface area contributed by atoms with E-state index >= 15 is 0 Å². The van der Waals surface area contributed by atoms with Gasteiger partial charge in [0.05, 0.1) is 0 Å².